The number of imidazole rings is 1. The molecule has 0 saturated heterocycles. The van der Waals surface area contributed by atoms with Crippen LogP contribution in [0, 0.1) is 0 Å². The second-order valence-electron chi connectivity index (χ2n) is 8.18. The summed E-state index contributed by atoms with van der Waals surface area (Å²) >= 11 is 0. The summed E-state index contributed by atoms with van der Waals surface area (Å²) in [6.07, 6.45) is 1.37. The zero-order chi connectivity index (χ0) is 25.2. The number of amides is 2. The summed E-state index contributed by atoms with van der Waals surface area (Å²) in [6, 6.07) is 14.4. The van der Waals surface area contributed by atoms with Gasteiger partial charge in [-0.25, -0.2) is 9.78 Å². The van der Waals surface area contributed by atoms with E-state index in [9.17, 15) is 14.4 Å². The van der Waals surface area contributed by atoms with Crippen LogP contribution in [0.1, 0.15) is 33.5 Å². The topological polar surface area (TPSA) is 112 Å². The number of methoxy groups -OCH3 is 3. The van der Waals surface area contributed by atoms with Crippen LogP contribution in [-0.4, -0.2) is 54.2 Å². The van der Waals surface area contributed by atoms with Crippen LogP contribution in [0.15, 0.2) is 54.9 Å². The maximum absolute atomic E-state index is 13.9. The van der Waals surface area contributed by atoms with Crippen molar-refractivity contribution >= 4 is 23.5 Å². The predicted octanol–water partition coefficient (Wildman–Crippen LogP) is 2.42. The van der Waals surface area contributed by atoms with Crippen LogP contribution in [0.2, 0.25) is 0 Å². The summed E-state index contributed by atoms with van der Waals surface area (Å²) in [5, 5.41) is 2.94. The second kappa shape index (κ2) is 9.49. The van der Waals surface area contributed by atoms with Crippen molar-refractivity contribution in [3.63, 3.8) is 0 Å². The molecule has 0 bridgehead atoms. The van der Waals surface area contributed by atoms with Gasteiger partial charge in [-0.15, -0.1) is 0 Å². The molecule has 1 N–H and O–H groups in total. The number of carbonyl (C=O) groups excluding carboxylic acids is 3. The number of esters is 1. The summed E-state index contributed by atoms with van der Waals surface area (Å²) in [5.74, 6) is -0.827. The minimum atomic E-state index is -1.35. The average Bonchev–Trinajstić information content (AvgIpc) is 3.30. The van der Waals surface area contributed by atoms with E-state index in [1.807, 2.05) is 30.3 Å². The molecule has 0 saturated carbocycles. The van der Waals surface area contributed by atoms with E-state index in [1.165, 1.54) is 37.1 Å². The van der Waals surface area contributed by atoms with Gasteiger partial charge in [-0.05, 0) is 24.6 Å². The van der Waals surface area contributed by atoms with E-state index in [0.717, 1.165) is 5.56 Å². The number of anilines is 1. The summed E-state index contributed by atoms with van der Waals surface area (Å²) < 4.78 is 17.0. The van der Waals surface area contributed by atoms with Crippen LogP contribution in [-0.2, 0) is 22.6 Å². The highest BCUT2D eigenvalue weighted by Gasteiger charge is 2.50. The number of aromatic nitrogens is 2. The van der Waals surface area contributed by atoms with Crippen molar-refractivity contribution in [2.45, 2.75) is 25.6 Å². The lowest BCUT2D eigenvalue weighted by molar-refractivity contribution is -0.126. The van der Waals surface area contributed by atoms with Gasteiger partial charge in [0.05, 0.1) is 34.2 Å². The van der Waals surface area contributed by atoms with Gasteiger partial charge >= 0.3 is 5.97 Å². The Kier molecular flexibility index (Phi) is 6.46. The molecule has 182 valence electrons. The lowest BCUT2D eigenvalue weighted by Crippen LogP contribution is -2.64. The van der Waals surface area contributed by atoms with Crippen LogP contribution in [0.25, 0.3) is 0 Å². The average molecular weight is 479 g/mol. The number of hydrogen-bond donors (Lipinski definition) is 1. The third-order valence-electron chi connectivity index (χ3n) is 6.00. The molecular formula is C25H26N4O6. The lowest BCUT2D eigenvalue weighted by Gasteiger charge is -2.43. The quantitative estimate of drug-likeness (QED) is 0.519. The van der Waals surface area contributed by atoms with E-state index >= 15 is 0 Å². The van der Waals surface area contributed by atoms with Crippen molar-refractivity contribution in [3.05, 3.63) is 71.8 Å². The Morgan fingerprint density at radius 2 is 1.77 bits per heavy atom. The highest BCUT2D eigenvalue weighted by molar-refractivity contribution is 6.15. The first kappa shape index (κ1) is 23.8. The molecule has 1 aliphatic heterocycles. The van der Waals surface area contributed by atoms with Gasteiger partial charge < -0.3 is 24.1 Å². The van der Waals surface area contributed by atoms with Gasteiger partial charge in [-0.1, -0.05) is 30.3 Å². The van der Waals surface area contributed by atoms with Crippen molar-refractivity contribution in [2.24, 2.45) is 0 Å². The van der Waals surface area contributed by atoms with Gasteiger partial charge in [0, 0.05) is 18.3 Å². The number of fused-ring (bicyclic) bond motifs is 1. The van der Waals surface area contributed by atoms with Crippen molar-refractivity contribution in [2.75, 3.05) is 26.2 Å². The van der Waals surface area contributed by atoms with Crippen molar-refractivity contribution < 1.29 is 28.6 Å². The fourth-order valence-electron chi connectivity index (χ4n) is 4.21. The van der Waals surface area contributed by atoms with Gasteiger partial charge in [0.15, 0.2) is 17.2 Å². The van der Waals surface area contributed by atoms with Gasteiger partial charge in [0.25, 0.3) is 5.91 Å². The molecule has 1 unspecified atom stereocenters. The molecule has 0 aliphatic carbocycles. The summed E-state index contributed by atoms with van der Waals surface area (Å²) in [7, 11) is 4.20. The highest BCUT2D eigenvalue weighted by atomic mass is 16.5. The fourth-order valence-corrected chi connectivity index (χ4v) is 4.21. The normalized spacial score (nSPS) is 16.9. The van der Waals surface area contributed by atoms with Gasteiger partial charge in [0.2, 0.25) is 5.91 Å². The molecule has 1 atom stereocenters. The molecule has 3 aromatic rings. The standard InChI is InChI=1S/C25H26N4O6/c1-25(24(32)26-13-16-8-6-5-7-9-16)14-28-15-27-20(23(31)35-4)21(28)22(30)29(25)17-10-11-18(33-2)19(12-17)34-3/h5-12,15H,13-14H2,1-4H3,(H,26,32). The molecule has 2 heterocycles. The number of nitrogens with one attached hydrogen (secondary N) is 1. The molecule has 0 fully saturated rings. The molecule has 1 aromatic heterocycles. The molecule has 1 aliphatic rings. The largest absolute Gasteiger partial charge is 0.493 e. The molecular weight excluding hydrogens is 452 g/mol. The summed E-state index contributed by atoms with van der Waals surface area (Å²) in [5.41, 5.74) is -0.115. The molecule has 10 heteroatoms. The maximum Gasteiger partial charge on any atom is 0.359 e. The zero-order valence-corrected chi connectivity index (χ0v) is 19.9. The predicted molar refractivity (Wildman–Crippen MR) is 127 cm³/mol. The minimum absolute atomic E-state index is 0.0416. The Bertz CT molecular complexity index is 1270. The van der Waals surface area contributed by atoms with E-state index in [0.29, 0.717) is 17.2 Å². The number of nitrogens with zero attached hydrogens (tertiary/aromatic N) is 3. The number of hydrogen-bond acceptors (Lipinski definition) is 7. The number of ether oxygens (including phenoxy) is 3. The molecule has 2 amide bonds. The van der Waals surface area contributed by atoms with Crippen LogP contribution < -0.4 is 19.7 Å². The SMILES string of the molecule is COC(=O)c1ncn2c1C(=O)N(c1ccc(OC)c(OC)c1)C(C)(C(=O)NCc1ccccc1)C2. The Morgan fingerprint density at radius 3 is 2.43 bits per heavy atom. The molecule has 10 nitrogen and oxygen atoms in total. The van der Waals surface area contributed by atoms with Crippen LogP contribution in [0.4, 0.5) is 5.69 Å². The highest BCUT2D eigenvalue weighted by Crippen LogP contribution is 2.38. The Balaban J connectivity index is 1.80. The van der Waals surface area contributed by atoms with Gasteiger partial charge in [0.1, 0.15) is 11.2 Å². The van der Waals surface area contributed by atoms with Gasteiger partial charge in [-0.3, -0.25) is 14.5 Å². The van der Waals surface area contributed by atoms with E-state index in [1.54, 1.807) is 25.1 Å². The Hall–Kier alpha value is -4.34. The second-order valence-corrected chi connectivity index (χ2v) is 8.18. The van der Waals surface area contributed by atoms with Crippen molar-refractivity contribution in [1.29, 1.82) is 0 Å². The van der Waals surface area contributed by atoms with Crippen molar-refractivity contribution in [1.82, 2.24) is 14.9 Å². The third kappa shape index (κ3) is 4.18. The summed E-state index contributed by atoms with van der Waals surface area (Å²) in [6.45, 7) is 2.02. The molecule has 2 aromatic carbocycles. The molecule has 4 rings (SSSR count). The zero-order valence-electron chi connectivity index (χ0n) is 19.9. The molecule has 0 radical (unpaired) electrons. The van der Waals surface area contributed by atoms with E-state index < -0.39 is 17.4 Å². The monoisotopic (exact) mass is 478 g/mol. The van der Waals surface area contributed by atoms with Crippen LogP contribution >= 0.6 is 0 Å². The third-order valence-corrected chi connectivity index (χ3v) is 6.00. The smallest absolute Gasteiger partial charge is 0.359 e. The van der Waals surface area contributed by atoms with Crippen LogP contribution in [0.5, 0.6) is 11.5 Å². The Labute approximate surface area is 202 Å². The number of benzene rings is 2. The maximum atomic E-state index is 13.9. The van der Waals surface area contributed by atoms with E-state index in [2.05, 4.69) is 10.3 Å². The Morgan fingerprint density at radius 1 is 1.06 bits per heavy atom. The lowest BCUT2D eigenvalue weighted by atomic mass is 9.93. The van der Waals surface area contributed by atoms with Gasteiger partial charge in [-0.2, -0.15) is 0 Å². The number of rotatable bonds is 7. The number of carbonyl (C=O) groups is 3. The fraction of sp³-hybridized carbons (Fsp3) is 0.280. The van der Waals surface area contributed by atoms with E-state index in [-0.39, 0.29) is 30.4 Å². The molecule has 35 heavy (non-hydrogen) atoms. The van der Waals surface area contributed by atoms with Crippen molar-refractivity contribution in [3.8, 4) is 11.5 Å². The molecule has 0 spiro atoms. The summed E-state index contributed by atoms with van der Waals surface area (Å²) in [4.78, 5) is 45.2. The van der Waals surface area contributed by atoms with Crippen LogP contribution in [0.3, 0.4) is 0 Å². The first-order chi connectivity index (χ1) is 16.8. The van der Waals surface area contributed by atoms with E-state index in [4.69, 9.17) is 14.2 Å². The minimum Gasteiger partial charge on any atom is -0.493 e. The first-order valence-electron chi connectivity index (χ1n) is 10.9. The first-order valence-corrected chi connectivity index (χ1v) is 10.9.